The molecule has 1 atom stereocenters. The molecular formula is C25H23ClN6O2. The van der Waals surface area contributed by atoms with Crippen LogP contribution in [0.25, 0.3) is 11.4 Å². The minimum Gasteiger partial charge on any atom is -0.444 e. The molecule has 0 unspecified atom stereocenters. The number of carbonyl (C=O) groups excluding carboxylic acids is 1. The lowest BCUT2D eigenvalue weighted by Gasteiger charge is -2.21. The number of hydrogen-bond acceptors (Lipinski definition) is 6. The number of benzene rings is 3. The van der Waals surface area contributed by atoms with Gasteiger partial charge < -0.3 is 10.1 Å². The van der Waals surface area contributed by atoms with Gasteiger partial charge in [0.1, 0.15) is 6.61 Å². The molecule has 0 aliphatic rings. The van der Waals surface area contributed by atoms with Crippen LogP contribution in [-0.4, -0.2) is 26.7 Å². The normalized spacial score (nSPS) is 11.4. The van der Waals surface area contributed by atoms with Gasteiger partial charge >= 0.3 is 6.09 Å². The third kappa shape index (κ3) is 6.20. The molecule has 172 valence electrons. The molecule has 0 bridgehead atoms. The van der Waals surface area contributed by atoms with E-state index in [1.165, 1.54) is 0 Å². The zero-order chi connectivity index (χ0) is 23.8. The van der Waals surface area contributed by atoms with Crippen molar-refractivity contribution in [3.63, 3.8) is 0 Å². The highest BCUT2D eigenvalue weighted by molar-refractivity contribution is 6.31. The molecule has 1 amide bonds. The molecule has 4 aromatic rings. The molecule has 0 aliphatic heterocycles. The molecule has 3 N–H and O–H groups in total. The summed E-state index contributed by atoms with van der Waals surface area (Å²) >= 11 is 6.37. The summed E-state index contributed by atoms with van der Waals surface area (Å²) in [4.78, 5) is 12.3. The third-order valence-corrected chi connectivity index (χ3v) is 5.21. The van der Waals surface area contributed by atoms with Crippen molar-refractivity contribution in [1.82, 2.24) is 20.6 Å². The van der Waals surface area contributed by atoms with Crippen LogP contribution in [0.3, 0.4) is 0 Å². The Morgan fingerprint density at radius 3 is 2.71 bits per heavy atom. The van der Waals surface area contributed by atoms with Crippen molar-refractivity contribution in [3.8, 4) is 11.4 Å². The molecule has 1 aromatic heterocycles. The maximum absolute atomic E-state index is 12.3. The summed E-state index contributed by atoms with van der Waals surface area (Å²) in [5.74, 6) is 0.507. The number of aromatic nitrogens is 4. The van der Waals surface area contributed by atoms with Crippen molar-refractivity contribution < 1.29 is 9.53 Å². The van der Waals surface area contributed by atoms with Gasteiger partial charge in [-0.2, -0.15) is 5.21 Å². The van der Waals surface area contributed by atoms with Gasteiger partial charge in [0.15, 0.2) is 0 Å². The Morgan fingerprint density at radius 1 is 1.09 bits per heavy atom. The molecule has 0 saturated heterocycles. The number of H-pyrrole nitrogens is 1. The van der Waals surface area contributed by atoms with E-state index >= 15 is 0 Å². The Kier molecular flexibility index (Phi) is 7.52. The lowest BCUT2D eigenvalue weighted by molar-refractivity contribution is 0.155. The Morgan fingerprint density at radius 2 is 1.94 bits per heavy atom. The number of tetrazole rings is 1. The predicted octanol–water partition coefficient (Wildman–Crippen LogP) is 6.00. The van der Waals surface area contributed by atoms with E-state index in [2.05, 4.69) is 37.8 Å². The van der Waals surface area contributed by atoms with E-state index < -0.39 is 6.09 Å². The maximum Gasteiger partial charge on any atom is 0.411 e. The SMILES string of the molecule is C=CC[C@H](Nc1cccc(-c2nn[nH]n2)c1)c1cc(Cl)cc(NC(=O)OCc2ccccc2)c1. The Balaban J connectivity index is 1.48. The first kappa shape index (κ1) is 23.0. The Bertz CT molecular complexity index is 1250. The van der Waals surface area contributed by atoms with Gasteiger partial charge in [-0.15, -0.1) is 16.8 Å². The van der Waals surface area contributed by atoms with Crippen LogP contribution in [0.1, 0.15) is 23.6 Å². The maximum atomic E-state index is 12.3. The first-order valence-electron chi connectivity index (χ1n) is 10.6. The molecular weight excluding hydrogens is 452 g/mol. The largest absolute Gasteiger partial charge is 0.444 e. The number of nitrogens with zero attached hydrogens (tertiary/aromatic N) is 3. The van der Waals surface area contributed by atoms with Crippen molar-refractivity contribution in [3.05, 3.63) is 102 Å². The van der Waals surface area contributed by atoms with Crippen LogP contribution in [-0.2, 0) is 11.3 Å². The fourth-order valence-electron chi connectivity index (χ4n) is 3.44. The molecule has 3 aromatic carbocycles. The number of rotatable bonds is 9. The summed E-state index contributed by atoms with van der Waals surface area (Å²) in [7, 11) is 0. The number of ether oxygens (including phenoxy) is 1. The number of amides is 1. The fourth-order valence-corrected chi connectivity index (χ4v) is 3.68. The van der Waals surface area contributed by atoms with Crippen LogP contribution in [0, 0.1) is 0 Å². The summed E-state index contributed by atoms with van der Waals surface area (Å²) in [6.45, 7) is 4.06. The minimum atomic E-state index is -0.557. The molecule has 34 heavy (non-hydrogen) atoms. The number of halogens is 1. The predicted molar refractivity (Wildman–Crippen MR) is 132 cm³/mol. The second kappa shape index (κ2) is 11.1. The first-order valence-corrected chi connectivity index (χ1v) is 11.0. The zero-order valence-electron chi connectivity index (χ0n) is 18.2. The van der Waals surface area contributed by atoms with Crippen molar-refractivity contribution in [2.24, 2.45) is 0 Å². The number of nitrogens with one attached hydrogen (secondary N) is 3. The summed E-state index contributed by atoms with van der Waals surface area (Å²) in [6.07, 6.45) is 1.89. The van der Waals surface area contributed by atoms with E-state index in [9.17, 15) is 4.79 Å². The fraction of sp³-hybridized carbons (Fsp3) is 0.120. The Hall–Kier alpha value is -4.17. The molecule has 0 aliphatic carbocycles. The molecule has 0 radical (unpaired) electrons. The smallest absolute Gasteiger partial charge is 0.411 e. The molecule has 0 fully saturated rings. The lowest BCUT2D eigenvalue weighted by Crippen LogP contribution is -2.15. The second-order valence-corrected chi connectivity index (χ2v) is 7.93. The van der Waals surface area contributed by atoms with Gasteiger partial charge in [-0.25, -0.2) is 4.79 Å². The summed E-state index contributed by atoms with van der Waals surface area (Å²) in [6, 6.07) is 22.4. The van der Waals surface area contributed by atoms with Crippen LogP contribution in [0.2, 0.25) is 5.02 Å². The number of carbonyl (C=O) groups is 1. The highest BCUT2D eigenvalue weighted by atomic mass is 35.5. The van der Waals surface area contributed by atoms with Gasteiger partial charge in [0, 0.05) is 22.0 Å². The standard InChI is InChI=1S/C25H23ClN6O2/c1-2-7-23(27-21-11-6-10-18(13-21)24-29-31-32-30-24)19-12-20(26)15-22(14-19)28-25(33)34-16-17-8-4-3-5-9-17/h2-6,8-15,23,27H,1,7,16H2,(H,28,33)(H,29,30,31,32)/t23-/m0/s1. The number of hydrogen-bond donors (Lipinski definition) is 3. The Labute approximate surface area is 202 Å². The zero-order valence-corrected chi connectivity index (χ0v) is 19.0. The number of aromatic amines is 1. The average molecular weight is 475 g/mol. The van der Waals surface area contributed by atoms with E-state index in [4.69, 9.17) is 16.3 Å². The number of anilines is 2. The van der Waals surface area contributed by atoms with Crippen LogP contribution in [0.5, 0.6) is 0 Å². The topological polar surface area (TPSA) is 105 Å². The molecule has 1 heterocycles. The van der Waals surface area contributed by atoms with E-state index in [1.807, 2.05) is 72.8 Å². The van der Waals surface area contributed by atoms with Gasteiger partial charge in [0.25, 0.3) is 0 Å². The first-order chi connectivity index (χ1) is 16.6. The van der Waals surface area contributed by atoms with Gasteiger partial charge in [-0.1, -0.05) is 60.1 Å². The average Bonchev–Trinajstić information content (AvgIpc) is 3.38. The van der Waals surface area contributed by atoms with Crippen molar-refractivity contribution in [2.75, 3.05) is 10.6 Å². The quantitative estimate of drug-likeness (QED) is 0.257. The lowest BCUT2D eigenvalue weighted by atomic mass is 10.0. The van der Waals surface area contributed by atoms with Crippen molar-refractivity contribution in [2.45, 2.75) is 19.1 Å². The van der Waals surface area contributed by atoms with Gasteiger partial charge in [0.05, 0.1) is 6.04 Å². The van der Waals surface area contributed by atoms with Crippen LogP contribution in [0.4, 0.5) is 16.2 Å². The highest BCUT2D eigenvalue weighted by Crippen LogP contribution is 2.30. The van der Waals surface area contributed by atoms with Crippen molar-refractivity contribution >= 4 is 29.1 Å². The van der Waals surface area contributed by atoms with Gasteiger partial charge in [0.2, 0.25) is 5.82 Å². The molecule has 0 spiro atoms. The van der Waals surface area contributed by atoms with Crippen LogP contribution >= 0.6 is 11.6 Å². The summed E-state index contributed by atoms with van der Waals surface area (Å²) in [5.41, 5.74) is 4.02. The molecule has 8 nitrogen and oxygen atoms in total. The molecule has 9 heteroatoms. The highest BCUT2D eigenvalue weighted by Gasteiger charge is 2.14. The third-order valence-electron chi connectivity index (χ3n) is 4.99. The van der Waals surface area contributed by atoms with Crippen molar-refractivity contribution in [1.29, 1.82) is 0 Å². The van der Waals surface area contributed by atoms with E-state index in [0.29, 0.717) is 23.0 Å². The van der Waals surface area contributed by atoms with E-state index in [1.54, 1.807) is 6.07 Å². The van der Waals surface area contributed by atoms with E-state index in [0.717, 1.165) is 22.4 Å². The van der Waals surface area contributed by atoms with Gasteiger partial charge in [-0.3, -0.25) is 5.32 Å². The second-order valence-electron chi connectivity index (χ2n) is 7.50. The summed E-state index contributed by atoms with van der Waals surface area (Å²) < 4.78 is 5.32. The van der Waals surface area contributed by atoms with E-state index in [-0.39, 0.29) is 12.6 Å². The van der Waals surface area contributed by atoms with Crippen LogP contribution < -0.4 is 10.6 Å². The van der Waals surface area contributed by atoms with Gasteiger partial charge in [-0.05, 0) is 53.1 Å². The summed E-state index contributed by atoms with van der Waals surface area (Å²) in [5, 5.41) is 20.9. The minimum absolute atomic E-state index is 0.141. The monoisotopic (exact) mass is 474 g/mol. The van der Waals surface area contributed by atoms with Crippen LogP contribution in [0.15, 0.2) is 85.5 Å². The molecule has 0 saturated carbocycles. The molecule has 4 rings (SSSR count).